The second-order valence-corrected chi connectivity index (χ2v) is 5.75. The molecule has 17 heavy (non-hydrogen) atoms. The first-order valence-electron chi connectivity index (χ1n) is 5.80. The van der Waals surface area contributed by atoms with E-state index in [2.05, 4.69) is 31.8 Å². The number of aliphatic imine (C=N–C) groups is 1. The molecule has 1 N–H and O–H groups in total. The van der Waals surface area contributed by atoms with Gasteiger partial charge in [-0.1, -0.05) is 19.2 Å². The summed E-state index contributed by atoms with van der Waals surface area (Å²) >= 11 is 0. The summed E-state index contributed by atoms with van der Waals surface area (Å²) in [7, 11) is 0. The van der Waals surface area contributed by atoms with Crippen LogP contribution in [0.2, 0.25) is 0 Å². The summed E-state index contributed by atoms with van der Waals surface area (Å²) in [4.78, 5) is 4.15. The lowest BCUT2D eigenvalue weighted by molar-refractivity contribution is 0.120. The Bertz CT molecular complexity index is 425. The molecule has 0 aliphatic heterocycles. The molecule has 1 aliphatic carbocycles. The van der Waals surface area contributed by atoms with E-state index in [1.807, 2.05) is 19.9 Å². The standard InChI is InChI=1S/C15H23NO/c1-10(13(4,5)17)9-11(2)14(6)12(3)15(14,7)16-8/h9,17H,2-3,8H2,1,4-7H3/b10-9+. The van der Waals surface area contributed by atoms with Crippen molar-refractivity contribution in [3.05, 3.63) is 36.0 Å². The zero-order valence-corrected chi connectivity index (χ0v) is 11.6. The Hall–Kier alpha value is -1.15. The molecule has 0 heterocycles. The highest BCUT2D eigenvalue weighted by atomic mass is 16.3. The first kappa shape index (κ1) is 13.9. The van der Waals surface area contributed by atoms with Gasteiger partial charge in [0, 0.05) is 5.41 Å². The third kappa shape index (κ3) is 1.81. The quantitative estimate of drug-likeness (QED) is 0.451. The van der Waals surface area contributed by atoms with Crippen LogP contribution in [0.3, 0.4) is 0 Å². The van der Waals surface area contributed by atoms with Crippen LogP contribution in [0.15, 0.2) is 40.9 Å². The van der Waals surface area contributed by atoms with Crippen LogP contribution in [0, 0.1) is 5.41 Å². The van der Waals surface area contributed by atoms with E-state index in [0.29, 0.717) is 0 Å². The highest BCUT2D eigenvalue weighted by molar-refractivity contribution is 5.61. The molecule has 0 aromatic heterocycles. The lowest BCUT2D eigenvalue weighted by atomic mass is 9.89. The smallest absolute Gasteiger partial charge is 0.0919 e. The maximum Gasteiger partial charge on any atom is 0.0919 e. The van der Waals surface area contributed by atoms with Crippen LogP contribution >= 0.6 is 0 Å². The molecule has 0 radical (unpaired) electrons. The van der Waals surface area contributed by atoms with Gasteiger partial charge in [-0.2, -0.15) is 0 Å². The van der Waals surface area contributed by atoms with Crippen LogP contribution in [0.5, 0.6) is 0 Å². The Morgan fingerprint density at radius 2 is 1.88 bits per heavy atom. The van der Waals surface area contributed by atoms with Crippen LogP contribution in [-0.4, -0.2) is 23.0 Å². The van der Waals surface area contributed by atoms with E-state index in [1.165, 1.54) is 0 Å². The molecule has 0 bridgehead atoms. The molecule has 0 aromatic rings. The van der Waals surface area contributed by atoms with Crippen molar-refractivity contribution in [3.63, 3.8) is 0 Å². The fraction of sp³-hybridized carbons (Fsp3) is 0.533. The second-order valence-electron chi connectivity index (χ2n) is 5.75. The molecule has 2 atom stereocenters. The minimum absolute atomic E-state index is 0.235. The largest absolute Gasteiger partial charge is 0.386 e. The Balaban J connectivity index is 3.04. The van der Waals surface area contributed by atoms with Crippen LogP contribution < -0.4 is 0 Å². The maximum atomic E-state index is 9.91. The predicted octanol–water partition coefficient (Wildman–Crippen LogP) is 3.30. The van der Waals surface area contributed by atoms with E-state index in [9.17, 15) is 5.11 Å². The van der Waals surface area contributed by atoms with Crippen molar-refractivity contribution >= 4 is 6.72 Å². The molecule has 2 heteroatoms. The van der Waals surface area contributed by atoms with Crippen molar-refractivity contribution in [2.24, 2.45) is 10.4 Å². The highest BCUT2D eigenvalue weighted by Crippen LogP contribution is 2.66. The molecule has 94 valence electrons. The lowest BCUT2D eigenvalue weighted by Gasteiger charge is -2.21. The van der Waals surface area contributed by atoms with Crippen molar-refractivity contribution in [3.8, 4) is 0 Å². The van der Waals surface area contributed by atoms with Gasteiger partial charge in [0.2, 0.25) is 0 Å². The number of nitrogens with zero attached hydrogens (tertiary/aromatic N) is 1. The summed E-state index contributed by atoms with van der Waals surface area (Å²) in [5, 5.41) is 9.91. The Labute approximate surface area is 104 Å². The minimum Gasteiger partial charge on any atom is -0.386 e. The SMILES string of the molecule is C=NC1(C)C(=C)C1(C)C(=C)/C=C(\C)C(C)(C)O. The Morgan fingerprint density at radius 3 is 2.18 bits per heavy atom. The van der Waals surface area contributed by atoms with E-state index >= 15 is 0 Å². The number of rotatable bonds is 4. The molecule has 2 unspecified atom stereocenters. The van der Waals surface area contributed by atoms with Gasteiger partial charge in [-0.25, -0.2) is 0 Å². The highest BCUT2D eigenvalue weighted by Gasteiger charge is 2.66. The summed E-state index contributed by atoms with van der Waals surface area (Å²) in [5.74, 6) is 0. The average Bonchev–Trinajstić information content (AvgIpc) is 2.65. The van der Waals surface area contributed by atoms with Crippen LogP contribution in [0.25, 0.3) is 0 Å². The Morgan fingerprint density at radius 1 is 1.41 bits per heavy atom. The lowest BCUT2D eigenvalue weighted by Crippen LogP contribution is -2.21. The molecule has 1 aliphatic rings. The van der Waals surface area contributed by atoms with E-state index in [1.54, 1.807) is 13.8 Å². The molecule has 1 rings (SSSR count). The van der Waals surface area contributed by atoms with Crippen molar-refractivity contribution in [1.82, 2.24) is 0 Å². The zero-order valence-electron chi connectivity index (χ0n) is 11.6. The molecule has 1 saturated carbocycles. The van der Waals surface area contributed by atoms with Gasteiger partial charge in [0.1, 0.15) is 0 Å². The van der Waals surface area contributed by atoms with E-state index < -0.39 is 5.60 Å². The van der Waals surface area contributed by atoms with Gasteiger partial charge in [0.25, 0.3) is 0 Å². The number of hydrogen-bond acceptors (Lipinski definition) is 2. The molecule has 0 spiro atoms. The van der Waals surface area contributed by atoms with Gasteiger partial charge >= 0.3 is 0 Å². The fourth-order valence-corrected chi connectivity index (χ4v) is 2.10. The molecular formula is C15H23NO. The molecule has 0 aromatic carbocycles. The van der Waals surface area contributed by atoms with E-state index in [4.69, 9.17) is 0 Å². The Kier molecular flexibility index (Phi) is 3.01. The first-order chi connectivity index (χ1) is 7.51. The van der Waals surface area contributed by atoms with Gasteiger partial charge in [-0.15, -0.1) is 0 Å². The second kappa shape index (κ2) is 3.67. The summed E-state index contributed by atoms with van der Waals surface area (Å²) in [6, 6.07) is 0. The zero-order chi connectivity index (χ0) is 13.6. The molecule has 0 amide bonds. The van der Waals surface area contributed by atoms with Crippen molar-refractivity contribution in [2.45, 2.75) is 45.8 Å². The number of hydrogen-bond donors (Lipinski definition) is 1. The van der Waals surface area contributed by atoms with Gasteiger partial charge in [0.15, 0.2) is 0 Å². The summed E-state index contributed by atoms with van der Waals surface area (Å²) in [6.07, 6.45) is 1.93. The number of aliphatic hydroxyl groups is 1. The number of allylic oxidation sites excluding steroid dienone is 1. The maximum absolute atomic E-state index is 9.91. The van der Waals surface area contributed by atoms with Gasteiger partial charge in [-0.05, 0) is 58.1 Å². The van der Waals surface area contributed by atoms with Crippen molar-refractivity contribution in [1.29, 1.82) is 0 Å². The van der Waals surface area contributed by atoms with Crippen molar-refractivity contribution < 1.29 is 5.11 Å². The van der Waals surface area contributed by atoms with Gasteiger partial charge in [-0.3, -0.25) is 4.99 Å². The van der Waals surface area contributed by atoms with Crippen LogP contribution in [-0.2, 0) is 0 Å². The topological polar surface area (TPSA) is 32.6 Å². The van der Waals surface area contributed by atoms with Crippen LogP contribution in [0.4, 0.5) is 0 Å². The van der Waals surface area contributed by atoms with E-state index in [0.717, 1.165) is 16.7 Å². The van der Waals surface area contributed by atoms with Crippen LogP contribution in [0.1, 0.15) is 34.6 Å². The molecular weight excluding hydrogens is 210 g/mol. The van der Waals surface area contributed by atoms with E-state index in [-0.39, 0.29) is 11.0 Å². The van der Waals surface area contributed by atoms with Gasteiger partial charge < -0.3 is 5.11 Å². The summed E-state index contributed by atoms with van der Waals surface area (Å²) in [6.45, 7) is 21.3. The minimum atomic E-state index is -0.826. The monoisotopic (exact) mass is 233 g/mol. The predicted molar refractivity (Wildman–Crippen MR) is 74.4 cm³/mol. The third-order valence-electron chi connectivity index (χ3n) is 4.42. The third-order valence-corrected chi connectivity index (χ3v) is 4.42. The van der Waals surface area contributed by atoms with Crippen molar-refractivity contribution in [2.75, 3.05) is 0 Å². The fourth-order valence-electron chi connectivity index (χ4n) is 2.10. The molecule has 2 nitrogen and oxygen atoms in total. The normalized spacial score (nSPS) is 33.5. The summed E-state index contributed by atoms with van der Waals surface area (Å²) < 4.78 is 0. The first-order valence-corrected chi connectivity index (χ1v) is 5.80. The molecule has 0 saturated heterocycles. The molecule has 1 fully saturated rings. The average molecular weight is 233 g/mol. The summed E-state index contributed by atoms with van der Waals surface area (Å²) in [5.41, 5.74) is 1.46. The van der Waals surface area contributed by atoms with Gasteiger partial charge in [0.05, 0.1) is 11.1 Å².